The summed E-state index contributed by atoms with van der Waals surface area (Å²) in [6, 6.07) is 12.5. The number of rotatable bonds is 4. The molecule has 0 bridgehead atoms. The van der Waals surface area contributed by atoms with E-state index in [9.17, 15) is 9.59 Å². The first-order valence-corrected chi connectivity index (χ1v) is 9.98. The fraction of sp³-hybridized carbons (Fsp3) is 0.318. The number of carbonyl (C=O) groups is 2. The zero-order valence-corrected chi connectivity index (χ0v) is 17.1. The van der Waals surface area contributed by atoms with E-state index in [0.29, 0.717) is 40.6 Å². The first-order chi connectivity index (χ1) is 13.9. The third kappa shape index (κ3) is 3.91. The van der Waals surface area contributed by atoms with E-state index in [0.717, 1.165) is 0 Å². The molecule has 4 rings (SSSR count). The quantitative estimate of drug-likeness (QED) is 0.723. The van der Waals surface area contributed by atoms with Crippen molar-refractivity contribution in [1.82, 2.24) is 14.8 Å². The predicted molar refractivity (Wildman–Crippen MR) is 110 cm³/mol. The van der Waals surface area contributed by atoms with Crippen molar-refractivity contribution in [1.29, 1.82) is 0 Å². The lowest BCUT2D eigenvalue weighted by molar-refractivity contribution is -0.139. The fourth-order valence-electron chi connectivity index (χ4n) is 3.89. The van der Waals surface area contributed by atoms with Crippen LogP contribution >= 0.6 is 11.6 Å². The number of carbonyl (C=O) groups excluding carboxylic acids is 2. The van der Waals surface area contributed by atoms with Gasteiger partial charge in [-0.1, -0.05) is 29.8 Å². The highest BCUT2D eigenvalue weighted by atomic mass is 35.5. The molecular formula is C22H22ClN3O3. The number of halogens is 1. The molecule has 1 saturated heterocycles. The molecule has 1 aromatic carbocycles. The van der Waals surface area contributed by atoms with Crippen molar-refractivity contribution in [3.8, 4) is 0 Å². The van der Waals surface area contributed by atoms with Gasteiger partial charge in [0.05, 0.1) is 30.0 Å². The Bertz CT molecular complexity index is 949. The first-order valence-electron chi connectivity index (χ1n) is 9.60. The molecule has 0 saturated carbocycles. The van der Waals surface area contributed by atoms with Crippen molar-refractivity contribution < 1.29 is 14.3 Å². The van der Waals surface area contributed by atoms with E-state index in [1.807, 2.05) is 24.8 Å². The maximum atomic E-state index is 13.4. The molecule has 150 valence electrons. The maximum absolute atomic E-state index is 13.4. The summed E-state index contributed by atoms with van der Waals surface area (Å²) >= 11 is 6.03. The summed E-state index contributed by atoms with van der Waals surface area (Å²) in [7, 11) is 0. The molecule has 0 aliphatic carbocycles. The third-order valence-electron chi connectivity index (χ3n) is 5.06. The molecule has 3 heterocycles. The number of morpholine rings is 1. The highest BCUT2D eigenvalue weighted by molar-refractivity contribution is 6.35. The van der Waals surface area contributed by atoms with Gasteiger partial charge in [0.1, 0.15) is 5.70 Å². The predicted octanol–water partition coefficient (Wildman–Crippen LogP) is 3.12. The van der Waals surface area contributed by atoms with Crippen molar-refractivity contribution in [2.45, 2.75) is 32.6 Å². The van der Waals surface area contributed by atoms with Gasteiger partial charge in [-0.25, -0.2) is 0 Å². The lowest BCUT2D eigenvalue weighted by Gasteiger charge is -2.37. The van der Waals surface area contributed by atoms with Crippen LogP contribution in [0.3, 0.4) is 0 Å². The average molecular weight is 412 g/mol. The molecule has 29 heavy (non-hydrogen) atoms. The van der Waals surface area contributed by atoms with Gasteiger partial charge in [0, 0.05) is 24.3 Å². The number of hydrogen-bond acceptors (Lipinski definition) is 5. The van der Waals surface area contributed by atoms with E-state index >= 15 is 0 Å². The second-order valence-electron chi connectivity index (χ2n) is 7.41. The monoisotopic (exact) mass is 411 g/mol. The van der Waals surface area contributed by atoms with Crippen molar-refractivity contribution >= 4 is 29.0 Å². The molecule has 2 aromatic rings. The van der Waals surface area contributed by atoms with Crippen molar-refractivity contribution in [3.05, 3.63) is 70.6 Å². The summed E-state index contributed by atoms with van der Waals surface area (Å²) in [5, 5.41) is 0.576. The SMILES string of the molecule is CC1CN(C2=C(c3ccc(Cl)cc3)C(=O)N(Cc3ccccn3)C2=O)CC(C)O1. The molecule has 0 N–H and O–H groups in total. The van der Waals surface area contributed by atoms with Crippen molar-refractivity contribution in [3.63, 3.8) is 0 Å². The first kappa shape index (κ1) is 19.6. The molecule has 1 aromatic heterocycles. The van der Waals surface area contributed by atoms with Gasteiger partial charge in [-0.3, -0.25) is 19.5 Å². The van der Waals surface area contributed by atoms with Crippen molar-refractivity contribution in [2.75, 3.05) is 13.1 Å². The number of pyridine rings is 1. The van der Waals surface area contributed by atoms with Gasteiger partial charge >= 0.3 is 0 Å². The molecule has 2 atom stereocenters. The molecule has 2 aliphatic rings. The number of nitrogens with zero attached hydrogens (tertiary/aromatic N) is 3. The lowest BCUT2D eigenvalue weighted by atomic mass is 10.0. The molecule has 7 heteroatoms. The van der Waals surface area contributed by atoms with Gasteiger partial charge in [-0.15, -0.1) is 0 Å². The van der Waals surface area contributed by atoms with Crippen LogP contribution < -0.4 is 0 Å². The highest BCUT2D eigenvalue weighted by Gasteiger charge is 2.43. The summed E-state index contributed by atoms with van der Waals surface area (Å²) in [5.41, 5.74) is 2.17. The van der Waals surface area contributed by atoms with E-state index in [4.69, 9.17) is 16.3 Å². The van der Waals surface area contributed by atoms with E-state index in [1.165, 1.54) is 4.90 Å². The smallest absolute Gasteiger partial charge is 0.278 e. The number of imide groups is 1. The molecule has 1 fully saturated rings. The minimum atomic E-state index is -0.315. The van der Waals surface area contributed by atoms with Crippen LogP contribution in [0, 0.1) is 0 Å². The van der Waals surface area contributed by atoms with E-state index in [2.05, 4.69) is 4.98 Å². The minimum Gasteiger partial charge on any atom is -0.372 e. The van der Waals surface area contributed by atoms with Crippen molar-refractivity contribution in [2.24, 2.45) is 0 Å². The van der Waals surface area contributed by atoms with Crippen LogP contribution in [0.4, 0.5) is 0 Å². The second-order valence-corrected chi connectivity index (χ2v) is 7.85. The van der Waals surface area contributed by atoms with Crippen LogP contribution in [0.2, 0.25) is 5.02 Å². The highest BCUT2D eigenvalue weighted by Crippen LogP contribution is 2.34. The fourth-order valence-corrected chi connectivity index (χ4v) is 4.02. The molecule has 6 nitrogen and oxygen atoms in total. The Labute approximate surface area is 174 Å². The van der Waals surface area contributed by atoms with E-state index in [1.54, 1.807) is 42.6 Å². The molecule has 2 aliphatic heterocycles. The van der Waals surface area contributed by atoms with Gasteiger partial charge in [0.2, 0.25) is 0 Å². The van der Waals surface area contributed by atoms with Crippen LogP contribution in [-0.2, 0) is 20.9 Å². The Morgan fingerprint density at radius 1 is 1.03 bits per heavy atom. The maximum Gasteiger partial charge on any atom is 0.278 e. The zero-order valence-electron chi connectivity index (χ0n) is 16.3. The molecule has 0 radical (unpaired) electrons. The molecule has 2 amide bonds. The second kappa shape index (κ2) is 7.97. The summed E-state index contributed by atoms with van der Waals surface area (Å²) in [4.78, 5) is 34.3. The largest absolute Gasteiger partial charge is 0.372 e. The van der Waals surface area contributed by atoms with Gasteiger partial charge in [0.15, 0.2) is 0 Å². The number of amides is 2. The summed E-state index contributed by atoms with van der Waals surface area (Å²) in [5.74, 6) is -0.614. The Balaban J connectivity index is 1.75. The third-order valence-corrected chi connectivity index (χ3v) is 5.31. The van der Waals surface area contributed by atoms with Crippen LogP contribution in [0.1, 0.15) is 25.1 Å². The normalized spacial score (nSPS) is 22.6. The van der Waals surface area contributed by atoms with E-state index < -0.39 is 0 Å². The Morgan fingerprint density at radius 3 is 2.34 bits per heavy atom. The Hall–Kier alpha value is -2.70. The Morgan fingerprint density at radius 2 is 1.72 bits per heavy atom. The van der Waals surface area contributed by atoms with Gasteiger partial charge in [0.25, 0.3) is 11.8 Å². The number of hydrogen-bond donors (Lipinski definition) is 0. The van der Waals surface area contributed by atoms with Crippen LogP contribution in [0.5, 0.6) is 0 Å². The van der Waals surface area contributed by atoms with Gasteiger partial charge in [-0.05, 0) is 43.7 Å². The summed E-state index contributed by atoms with van der Waals surface area (Å²) in [6.45, 7) is 5.17. The average Bonchev–Trinajstić information content (AvgIpc) is 2.93. The van der Waals surface area contributed by atoms with Crippen LogP contribution in [0.15, 0.2) is 54.4 Å². The standard InChI is InChI=1S/C22H22ClN3O3/c1-14-11-25(12-15(2)29-14)20-19(16-6-8-17(23)9-7-16)21(27)26(22(20)28)13-18-5-3-4-10-24-18/h3-10,14-15H,11-13H2,1-2H3. The minimum absolute atomic E-state index is 0.0366. The molecular weight excluding hydrogens is 390 g/mol. The van der Waals surface area contributed by atoms with Gasteiger partial charge < -0.3 is 9.64 Å². The summed E-state index contributed by atoms with van der Waals surface area (Å²) < 4.78 is 5.82. The number of aromatic nitrogens is 1. The van der Waals surface area contributed by atoms with Crippen LogP contribution in [-0.4, -0.2) is 51.9 Å². The number of ether oxygens (including phenoxy) is 1. The zero-order chi connectivity index (χ0) is 20.5. The van der Waals surface area contributed by atoms with E-state index in [-0.39, 0.29) is 30.6 Å². The van der Waals surface area contributed by atoms with Gasteiger partial charge in [-0.2, -0.15) is 0 Å². The number of benzene rings is 1. The lowest BCUT2D eigenvalue weighted by Crippen LogP contribution is -2.46. The summed E-state index contributed by atoms with van der Waals surface area (Å²) in [6.07, 6.45) is 1.58. The topological polar surface area (TPSA) is 62.7 Å². The molecule has 2 unspecified atom stereocenters. The Kier molecular flexibility index (Phi) is 5.39. The van der Waals surface area contributed by atoms with Crippen LogP contribution in [0.25, 0.3) is 5.57 Å². The molecule has 0 spiro atoms.